The lowest BCUT2D eigenvalue weighted by molar-refractivity contribution is -0.384. The van der Waals surface area contributed by atoms with Gasteiger partial charge in [-0.05, 0) is 12.1 Å². The van der Waals surface area contributed by atoms with Crippen molar-refractivity contribution in [2.24, 2.45) is 0 Å². The zero-order valence-corrected chi connectivity index (χ0v) is 8.39. The van der Waals surface area contributed by atoms with Gasteiger partial charge in [0.2, 0.25) is 0 Å². The number of hydrogen-bond acceptors (Lipinski definition) is 4. The lowest BCUT2D eigenvalue weighted by atomic mass is 10.2. The second-order valence-corrected chi connectivity index (χ2v) is 3.20. The van der Waals surface area contributed by atoms with E-state index in [4.69, 9.17) is 0 Å². The first-order chi connectivity index (χ1) is 7.61. The first kappa shape index (κ1) is 10.2. The number of carbonyl (C=O) groups excluding carboxylic acids is 1. The van der Waals surface area contributed by atoms with E-state index >= 15 is 0 Å². The molecule has 0 saturated heterocycles. The second-order valence-electron chi connectivity index (χ2n) is 3.20. The van der Waals surface area contributed by atoms with Crippen molar-refractivity contribution in [3.05, 3.63) is 40.1 Å². The van der Waals surface area contributed by atoms with Crippen LogP contribution in [0, 0.1) is 10.1 Å². The van der Waals surface area contributed by atoms with Crippen LogP contribution in [-0.4, -0.2) is 23.0 Å². The van der Waals surface area contributed by atoms with E-state index in [0.29, 0.717) is 10.9 Å². The largest absolute Gasteiger partial charge is 0.464 e. The standard InChI is InChI=1S/C10H8N2O4/c1-16-10(13)9-5-6-4-7(12(14)15)2-3-8(6)11-9/h2-5,11H,1H3. The third-order valence-electron chi connectivity index (χ3n) is 2.22. The molecule has 1 heterocycles. The van der Waals surface area contributed by atoms with Crippen molar-refractivity contribution in [3.63, 3.8) is 0 Å². The zero-order valence-electron chi connectivity index (χ0n) is 8.39. The number of nitro groups is 1. The summed E-state index contributed by atoms with van der Waals surface area (Å²) in [4.78, 5) is 24.1. The number of nitrogens with one attached hydrogen (secondary N) is 1. The van der Waals surface area contributed by atoms with Crippen LogP contribution in [0.2, 0.25) is 0 Å². The van der Waals surface area contributed by atoms with Crippen LogP contribution in [0.15, 0.2) is 24.3 Å². The van der Waals surface area contributed by atoms with Gasteiger partial charge in [-0.15, -0.1) is 0 Å². The summed E-state index contributed by atoms with van der Waals surface area (Å²) in [6.45, 7) is 0. The number of benzene rings is 1. The van der Waals surface area contributed by atoms with Crippen LogP contribution in [0.3, 0.4) is 0 Å². The van der Waals surface area contributed by atoms with Crippen LogP contribution in [0.5, 0.6) is 0 Å². The van der Waals surface area contributed by atoms with Gasteiger partial charge in [0.15, 0.2) is 0 Å². The Balaban J connectivity index is 2.54. The lowest BCUT2D eigenvalue weighted by Gasteiger charge is -1.92. The number of H-pyrrole nitrogens is 1. The van der Waals surface area contributed by atoms with Gasteiger partial charge in [-0.3, -0.25) is 10.1 Å². The molecule has 1 N–H and O–H groups in total. The van der Waals surface area contributed by atoms with Crippen LogP contribution in [0.25, 0.3) is 10.9 Å². The Kier molecular flexibility index (Phi) is 2.32. The molecule has 0 atom stereocenters. The van der Waals surface area contributed by atoms with E-state index < -0.39 is 10.9 Å². The van der Waals surface area contributed by atoms with Crippen molar-refractivity contribution in [1.29, 1.82) is 0 Å². The smallest absolute Gasteiger partial charge is 0.354 e. The van der Waals surface area contributed by atoms with Crippen LogP contribution in [-0.2, 0) is 4.74 Å². The Hall–Kier alpha value is -2.37. The van der Waals surface area contributed by atoms with E-state index in [1.54, 1.807) is 6.07 Å². The molecule has 6 heteroatoms. The summed E-state index contributed by atoms with van der Waals surface area (Å²) in [5.74, 6) is -0.501. The molecule has 0 aliphatic heterocycles. The first-order valence-electron chi connectivity index (χ1n) is 4.47. The number of non-ortho nitro benzene ring substituents is 1. The molecule has 0 aliphatic rings. The molecule has 1 aromatic heterocycles. The number of rotatable bonds is 2. The van der Waals surface area contributed by atoms with Crippen molar-refractivity contribution in [2.45, 2.75) is 0 Å². The Morgan fingerprint density at radius 3 is 2.81 bits per heavy atom. The highest BCUT2D eigenvalue weighted by atomic mass is 16.6. The van der Waals surface area contributed by atoms with Crippen LogP contribution in [0.1, 0.15) is 10.5 Å². The Labute approximate surface area is 90.0 Å². The van der Waals surface area contributed by atoms with Gasteiger partial charge in [-0.1, -0.05) is 0 Å². The molecule has 2 aromatic rings. The zero-order chi connectivity index (χ0) is 11.7. The third kappa shape index (κ3) is 1.60. The van der Waals surface area contributed by atoms with Gasteiger partial charge >= 0.3 is 5.97 Å². The number of nitrogens with zero attached hydrogens (tertiary/aromatic N) is 1. The summed E-state index contributed by atoms with van der Waals surface area (Å²) in [7, 11) is 1.27. The van der Waals surface area contributed by atoms with Crippen LogP contribution < -0.4 is 0 Å². The van der Waals surface area contributed by atoms with Crippen molar-refractivity contribution in [1.82, 2.24) is 4.98 Å². The van der Waals surface area contributed by atoms with Gasteiger partial charge < -0.3 is 9.72 Å². The summed E-state index contributed by atoms with van der Waals surface area (Å²) in [5.41, 5.74) is 0.923. The molecule has 0 fully saturated rings. The van der Waals surface area contributed by atoms with Crippen molar-refractivity contribution in [2.75, 3.05) is 7.11 Å². The molecule has 0 amide bonds. The van der Waals surface area contributed by atoms with E-state index in [1.807, 2.05) is 0 Å². The first-order valence-corrected chi connectivity index (χ1v) is 4.47. The molecule has 0 unspecified atom stereocenters. The number of hydrogen-bond donors (Lipinski definition) is 1. The maximum absolute atomic E-state index is 11.2. The van der Waals surface area contributed by atoms with Gasteiger partial charge in [0.05, 0.1) is 12.0 Å². The van der Waals surface area contributed by atoms with E-state index in [2.05, 4.69) is 9.72 Å². The molecule has 82 valence electrons. The summed E-state index contributed by atoms with van der Waals surface area (Å²) >= 11 is 0. The van der Waals surface area contributed by atoms with Crippen LogP contribution in [0.4, 0.5) is 5.69 Å². The lowest BCUT2D eigenvalue weighted by Crippen LogP contribution is -2.00. The minimum Gasteiger partial charge on any atom is -0.464 e. The molecule has 16 heavy (non-hydrogen) atoms. The third-order valence-corrected chi connectivity index (χ3v) is 2.22. The Bertz CT molecular complexity index is 573. The predicted octanol–water partition coefficient (Wildman–Crippen LogP) is 1.86. The number of carbonyl (C=O) groups is 1. The van der Waals surface area contributed by atoms with Gasteiger partial charge in [0.25, 0.3) is 5.69 Å². The summed E-state index contributed by atoms with van der Waals surface area (Å²) in [6.07, 6.45) is 0. The average Bonchev–Trinajstić information content (AvgIpc) is 2.70. The number of esters is 1. The molecule has 0 radical (unpaired) electrons. The predicted molar refractivity (Wildman–Crippen MR) is 56.3 cm³/mol. The van der Waals surface area contributed by atoms with Crippen molar-refractivity contribution >= 4 is 22.6 Å². The molecule has 0 aliphatic carbocycles. The molecule has 1 aromatic carbocycles. The molecule has 0 saturated carbocycles. The number of nitro benzene ring substituents is 1. The van der Waals surface area contributed by atoms with Gasteiger partial charge in [-0.25, -0.2) is 4.79 Å². The summed E-state index contributed by atoms with van der Waals surface area (Å²) in [5, 5.41) is 11.2. The highest BCUT2D eigenvalue weighted by molar-refractivity contribution is 5.95. The highest BCUT2D eigenvalue weighted by Gasteiger charge is 2.12. The maximum Gasteiger partial charge on any atom is 0.354 e. The van der Waals surface area contributed by atoms with Crippen molar-refractivity contribution in [3.8, 4) is 0 Å². The quantitative estimate of drug-likeness (QED) is 0.475. The van der Waals surface area contributed by atoms with E-state index in [9.17, 15) is 14.9 Å². The Morgan fingerprint density at radius 2 is 2.19 bits per heavy atom. The maximum atomic E-state index is 11.2. The molecule has 0 spiro atoms. The number of methoxy groups -OCH3 is 1. The topological polar surface area (TPSA) is 85.2 Å². The summed E-state index contributed by atoms with van der Waals surface area (Å²) < 4.78 is 4.54. The van der Waals surface area contributed by atoms with Gasteiger partial charge in [0, 0.05) is 23.0 Å². The Morgan fingerprint density at radius 1 is 1.44 bits per heavy atom. The molecular formula is C10H8N2O4. The average molecular weight is 220 g/mol. The normalized spacial score (nSPS) is 10.3. The van der Waals surface area contributed by atoms with E-state index in [0.717, 1.165) is 0 Å². The van der Waals surface area contributed by atoms with E-state index in [1.165, 1.54) is 25.3 Å². The highest BCUT2D eigenvalue weighted by Crippen LogP contribution is 2.21. The molecular weight excluding hydrogens is 212 g/mol. The number of ether oxygens (including phenoxy) is 1. The van der Waals surface area contributed by atoms with Gasteiger partial charge in [-0.2, -0.15) is 0 Å². The molecule has 6 nitrogen and oxygen atoms in total. The van der Waals surface area contributed by atoms with Gasteiger partial charge in [0.1, 0.15) is 5.69 Å². The minimum atomic E-state index is -0.501. The monoisotopic (exact) mass is 220 g/mol. The molecule has 2 rings (SSSR count). The molecule has 0 bridgehead atoms. The van der Waals surface area contributed by atoms with E-state index in [-0.39, 0.29) is 11.4 Å². The van der Waals surface area contributed by atoms with Crippen molar-refractivity contribution < 1.29 is 14.5 Å². The fraction of sp³-hybridized carbons (Fsp3) is 0.100. The fourth-order valence-corrected chi connectivity index (χ4v) is 1.45. The summed E-state index contributed by atoms with van der Waals surface area (Å²) in [6, 6.07) is 5.85. The fourth-order valence-electron chi connectivity index (χ4n) is 1.45. The number of fused-ring (bicyclic) bond motifs is 1. The van der Waals surface area contributed by atoms with Crippen LogP contribution >= 0.6 is 0 Å². The minimum absolute atomic E-state index is 0.0112. The number of aromatic amines is 1. The number of aromatic nitrogens is 1. The SMILES string of the molecule is COC(=O)c1cc2cc([N+](=O)[O-])ccc2[nH]1. The second kappa shape index (κ2) is 3.65.